The molecule has 4 heteroatoms. The minimum atomic E-state index is -0.182. The first kappa shape index (κ1) is 6.91. The van der Waals surface area contributed by atoms with E-state index in [9.17, 15) is 4.79 Å². The van der Waals surface area contributed by atoms with Crippen LogP contribution in [0, 0.1) is 0 Å². The summed E-state index contributed by atoms with van der Waals surface area (Å²) in [6.07, 6.45) is -0.182. The predicted molar refractivity (Wildman–Crippen MR) is 39.3 cm³/mol. The molecular formula is C7H12N2O2. The van der Waals surface area contributed by atoms with Gasteiger partial charge in [-0.3, -0.25) is 4.90 Å². The highest BCUT2D eigenvalue weighted by Crippen LogP contribution is 2.29. The molecule has 2 heterocycles. The van der Waals surface area contributed by atoms with E-state index in [1.807, 2.05) is 7.05 Å². The lowest BCUT2D eigenvalue weighted by Crippen LogP contribution is -2.62. The minimum absolute atomic E-state index is 0.166. The van der Waals surface area contributed by atoms with Gasteiger partial charge in [-0.25, -0.2) is 4.79 Å². The second-order valence-corrected chi connectivity index (χ2v) is 3.58. The van der Waals surface area contributed by atoms with Crippen LogP contribution in [-0.4, -0.2) is 55.2 Å². The van der Waals surface area contributed by atoms with Crippen LogP contribution in [-0.2, 0) is 4.74 Å². The van der Waals surface area contributed by atoms with Gasteiger partial charge < -0.3 is 9.64 Å². The Morgan fingerprint density at radius 3 is 2.36 bits per heavy atom. The molecule has 0 saturated carbocycles. The first-order valence-corrected chi connectivity index (χ1v) is 3.74. The quantitative estimate of drug-likeness (QED) is 0.485. The molecular weight excluding hydrogens is 144 g/mol. The predicted octanol–water partition coefficient (Wildman–Crippen LogP) is -0.247. The van der Waals surface area contributed by atoms with Crippen molar-refractivity contribution in [3.8, 4) is 0 Å². The summed E-state index contributed by atoms with van der Waals surface area (Å²) >= 11 is 0. The largest absolute Gasteiger partial charge is 0.438 e. The van der Waals surface area contributed by atoms with Crippen LogP contribution in [0.15, 0.2) is 0 Å². The molecule has 0 aromatic carbocycles. The van der Waals surface area contributed by atoms with Crippen LogP contribution in [0.5, 0.6) is 0 Å². The Hall–Kier alpha value is -0.770. The SMILES string of the molecule is CN1CC2(C1)CN(C)C(=O)O2. The molecule has 0 atom stereocenters. The van der Waals surface area contributed by atoms with Crippen molar-refractivity contribution >= 4 is 6.09 Å². The van der Waals surface area contributed by atoms with Gasteiger partial charge in [0.15, 0.2) is 5.60 Å². The van der Waals surface area contributed by atoms with Crippen LogP contribution in [0.4, 0.5) is 4.79 Å². The summed E-state index contributed by atoms with van der Waals surface area (Å²) in [7, 11) is 3.80. The van der Waals surface area contributed by atoms with Crippen LogP contribution in [0.3, 0.4) is 0 Å². The maximum Gasteiger partial charge on any atom is 0.410 e. The molecule has 0 aliphatic carbocycles. The summed E-state index contributed by atoms with van der Waals surface area (Å²) in [5, 5.41) is 0. The molecule has 4 nitrogen and oxygen atoms in total. The van der Waals surface area contributed by atoms with E-state index >= 15 is 0 Å². The van der Waals surface area contributed by atoms with Gasteiger partial charge in [0.1, 0.15) is 0 Å². The lowest BCUT2D eigenvalue weighted by molar-refractivity contribution is -0.0607. The molecule has 0 bridgehead atoms. The Labute approximate surface area is 65.7 Å². The molecule has 1 spiro atoms. The summed E-state index contributed by atoms with van der Waals surface area (Å²) in [5.41, 5.74) is -0.166. The highest BCUT2D eigenvalue weighted by Gasteiger charge is 2.51. The molecule has 0 aromatic rings. The molecule has 2 rings (SSSR count). The summed E-state index contributed by atoms with van der Waals surface area (Å²) < 4.78 is 5.21. The smallest absolute Gasteiger partial charge is 0.410 e. The summed E-state index contributed by atoms with van der Waals surface area (Å²) in [4.78, 5) is 14.8. The number of hydrogen-bond acceptors (Lipinski definition) is 3. The normalized spacial score (nSPS) is 28.9. The van der Waals surface area contributed by atoms with Crippen LogP contribution in [0.25, 0.3) is 0 Å². The molecule has 2 aliphatic heterocycles. The van der Waals surface area contributed by atoms with Crippen molar-refractivity contribution < 1.29 is 9.53 Å². The zero-order valence-corrected chi connectivity index (χ0v) is 6.83. The number of likely N-dealkylation sites (tertiary alicyclic amines) is 1. The van der Waals surface area contributed by atoms with Gasteiger partial charge in [-0.15, -0.1) is 0 Å². The molecule has 1 amide bonds. The van der Waals surface area contributed by atoms with Crippen molar-refractivity contribution in [3.63, 3.8) is 0 Å². The third-order valence-corrected chi connectivity index (χ3v) is 2.26. The second kappa shape index (κ2) is 1.88. The maximum absolute atomic E-state index is 11.0. The average molecular weight is 156 g/mol. The maximum atomic E-state index is 11.0. The molecule has 0 unspecified atom stereocenters. The molecule has 2 saturated heterocycles. The third-order valence-electron chi connectivity index (χ3n) is 2.26. The molecule has 62 valence electrons. The Kier molecular flexibility index (Phi) is 1.18. The van der Waals surface area contributed by atoms with Gasteiger partial charge >= 0.3 is 6.09 Å². The van der Waals surface area contributed by atoms with Crippen molar-refractivity contribution in [1.82, 2.24) is 9.80 Å². The van der Waals surface area contributed by atoms with Crippen LogP contribution in [0.1, 0.15) is 0 Å². The van der Waals surface area contributed by atoms with Gasteiger partial charge in [0, 0.05) is 20.1 Å². The van der Waals surface area contributed by atoms with Crippen molar-refractivity contribution in [2.75, 3.05) is 33.7 Å². The number of ether oxygens (including phenoxy) is 1. The monoisotopic (exact) mass is 156 g/mol. The Bertz CT molecular complexity index is 199. The number of carbonyl (C=O) groups is 1. The standard InChI is InChI=1S/C7H12N2O2/c1-8-3-7(4-8)5-9(2)6(10)11-7/h3-5H2,1-2H3. The summed E-state index contributed by atoms with van der Waals surface area (Å²) in [5.74, 6) is 0. The highest BCUT2D eigenvalue weighted by atomic mass is 16.6. The van der Waals surface area contributed by atoms with Crippen molar-refractivity contribution in [1.29, 1.82) is 0 Å². The molecule has 2 fully saturated rings. The molecule has 11 heavy (non-hydrogen) atoms. The third kappa shape index (κ3) is 0.894. The topological polar surface area (TPSA) is 32.8 Å². The number of carbonyl (C=O) groups excluding carboxylic acids is 1. The molecule has 0 radical (unpaired) electrons. The number of amides is 1. The van der Waals surface area contributed by atoms with Crippen molar-refractivity contribution in [2.24, 2.45) is 0 Å². The number of likely N-dealkylation sites (N-methyl/N-ethyl adjacent to an activating group) is 2. The van der Waals surface area contributed by atoms with E-state index in [2.05, 4.69) is 4.90 Å². The minimum Gasteiger partial charge on any atom is -0.438 e. The first-order chi connectivity index (χ1) is 5.11. The number of nitrogens with zero attached hydrogens (tertiary/aromatic N) is 2. The van der Waals surface area contributed by atoms with Crippen LogP contribution >= 0.6 is 0 Å². The highest BCUT2D eigenvalue weighted by molar-refractivity contribution is 5.70. The molecule has 0 aromatic heterocycles. The summed E-state index contributed by atoms with van der Waals surface area (Å²) in [6, 6.07) is 0. The zero-order chi connectivity index (χ0) is 8.06. The van der Waals surface area contributed by atoms with E-state index in [0.29, 0.717) is 0 Å². The number of rotatable bonds is 0. The average Bonchev–Trinajstić information content (AvgIpc) is 2.07. The van der Waals surface area contributed by atoms with Gasteiger partial charge in [0.05, 0.1) is 6.54 Å². The van der Waals surface area contributed by atoms with E-state index in [4.69, 9.17) is 4.74 Å². The lowest BCUT2D eigenvalue weighted by atomic mass is 9.95. The fourth-order valence-electron chi connectivity index (χ4n) is 1.89. The van der Waals surface area contributed by atoms with Gasteiger partial charge in [-0.2, -0.15) is 0 Å². The van der Waals surface area contributed by atoms with E-state index in [-0.39, 0.29) is 11.7 Å². The van der Waals surface area contributed by atoms with Gasteiger partial charge in [0.25, 0.3) is 0 Å². The zero-order valence-electron chi connectivity index (χ0n) is 6.83. The summed E-state index contributed by atoms with van der Waals surface area (Å²) in [6.45, 7) is 2.50. The second-order valence-electron chi connectivity index (χ2n) is 3.58. The van der Waals surface area contributed by atoms with E-state index in [0.717, 1.165) is 19.6 Å². The Morgan fingerprint density at radius 2 is 2.00 bits per heavy atom. The van der Waals surface area contributed by atoms with Gasteiger partial charge in [-0.1, -0.05) is 0 Å². The molecule has 0 N–H and O–H groups in total. The van der Waals surface area contributed by atoms with Crippen molar-refractivity contribution in [2.45, 2.75) is 5.60 Å². The van der Waals surface area contributed by atoms with E-state index in [1.54, 1.807) is 11.9 Å². The van der Waals surface area contributed by atoms with Gasteiger partial charge in [-0.05, 0) is 7.05 Å². The molecule has 2 aliphatic rings. The Balaban J connectivity index is 2.04. The fraction of sp³-hybridized carbons (Fsp3) is 0.857. The fourth-order valence-corrected chi connectivity index (χ4v) is 1.89. The lowest BCUT2D eigenvalue weighted by Gasteiger charge is -2.43. The number of hydrogen-bond donors (Lipinski definition) is 0. The van der Waals surface area contributed by atoms with Gasteiger partial charge in [0.2, 0.25) is 0 Å². The van der Waals surface area contributed by atoms with Crippen LogP contribution < -0.4 is 0 Å². The van der Waals surface area contributed by atoms with Crippen molar-refractivity contribution in [3.05, 3.63) is 0 Å². The first-order valence-electron chi connectivity index (χ1n) is 3.74. The van der Waals surface area contributed by atoms with E-state index in [1.165, 1.54) is 0 Å². The van der Waals surface area contributed by atoms with E-state index < -0.39 is 0 Å². The van der Waals surface area contributed by atoms with Crippen LogP contribution in [0.2, 0.25) is 0 Å². The Morgan fingerprint density at radius 1 is 1.36 bits per heavy atom.